The van der Waals surface area contributed by atoms with Gasteiger partial charge in [-0.1, -0.05) is 90.1 Å². The second-order valence-corrected chi connectivity index (χ2v) is 12.6. The standard InChI is InChI=1S/C36H44N4/c1-22(2)16-28-19-27(21-37)20-29(17-23(3)4)34(28)40(35(38)30-13-9-8-12-24(30)5)36(39)32-15-11-10-14-31(32)26(7)33-18-25(33)6/h8-15,19-20,22-23,25-26,33,38-39H,16-18H2,1-7H3. The molecule has 0 bridgehead atoms. The molecule has 1 saturated carbocycles. The van der Waals surface area contributed by atoms with Crippen LogP contribution in [-0.4, -0.2) is 11.7 Å². The number of aryl methyl sites for hydroxylation is 1. The van der Waals surface area contributed by atoms with E-state index in [-0.39, 0.29) is 0 Å². The Morgan fingerprint density at radius 1 is 0.875 bits per heavy atom. The number of hydrogen-bond acceptors (Lipinski definition) is 3. The number of anilines is 1. The third kappa shape index (κ3) is 6.20. The fraction of sp³-hybridized carbons (Fsp3) is 0.417. The van der Waals surface area contributed by atoms with Crippen molar-refractivity contribution in [1.82, 2.24) is 0 Å². The molecule has 4 rings (SSSR count). The van der Waals surface area contributed by atoms with Crippen LogP contribution in [0.3, 0.4) is 0 Å². The van der Waals surface area contributed by atoms with E-state index in [1.807, 2.05) is 60.4 Å². The zero-order valence-electron chi connectivity index (χ0n) is 25.2. The van der Waals surface area contributed by atoms with Gasteiger partial charge < -0.3 is 0 Å². The summed E-state index contributed by atoms with van der Waals surface area (Å²) in [4.78, 5) is 1.88. The topological polar surface area (TPSA) is 74.7 Å². The Labute approximate surface area is 241 Å². The highest BCUT2D eigenvalue weighted by atomic mass is 15.2. The van der Waals surface area contributed by atoms with E-state index in [1.165, 1.54) is 12.0 Å². The molecule has 0 saturated heterocycles. The monoisotopic (exact) mass is 532 g/mol. The number of nitriles is 1. The first-order chi connectivity index (χ1) is 19.0. The average molecular weight is 533 g/mol. The van der Waals surface area contributed by atoms with Crippen LogP contribution in [0.15, 0.2) is 60.7 Å². The lowest BCUT2D eigenvalue weighted by atomic mass is 9.88. The summed E-state index contributed by atoms with van der Waals surface area (Å²) < 4.78 is 0. The highest BCUT2D eigenvalue weighted by molar-refractivity contribution is 6.28. The molecule has 0 amide bonds. The molecule has 3 aromatic carbocycles. The molecule has 0 heterocycles. The number of rotatable bonds is 9. The third-order valence-electron chi connectivity index (χ3n) is 8.24. The van der Waals surface area contributed by atoms with Crippen molar-refractivity contribution in [3.8, 4) is 6.07 Å². The van der Waals surface area contributed by atoms with Gasteiger partial charge in [0.2, 0.25) is 0 Å². The van der Waals surface area contributed by atoms with Crippen molar-refractivity contribution in [2.24, 2.45) is 23.7 Å². The molecular formula is C36H44N4. The first-order valence-electron chi connectivity index (χ1n) is 14.7. The minimum atomic E-state index is 0.296. The van der Waals surface area contributed by atoms with Gasteiger partial charge in [0.1, 0.15) is 11.7 Å². The van der Waals surface area contributed by atoms with Gasteiger partial charge >= 0.3 is 0 Å². The van der Waals surface area contributed by atoms with Crippen LogP contribution in [0.4, 0.5) is 5.69 Å². The second kappa shape index (κ2) is 12.2. The molecule has 1 aliphatic carbocycles. The van der Waals surface area contributed by atoms with Gasteiger partial charge in [0.05, 0.1) is 17.3 Å². The van der Waals surface area contributed by atoms with E-state index in [9.17, 15) is 16.1 Å². The molecule has 208 valence electrons. The van der Waals surface area contributed by atoms with Crippen LogP contribution in [0, 0.1) is 52.7 Å². The molecule has 40 heavy (non-hydrogen) atoms. The number of nitrogens with one attached hydrogen (secondary N) is 2. The van der Waals surface area contributed by atoms with E-state index >= 15 is 0 Å². The molecule has 3 aromatic rings. The average Bonchev–Trinajstić information content (AvgIpc) is 3.65. The van der Waals surface area contributed by atoms with E-state index < -0.39 is 0 Å². The molecule has 1 fully saturated rings. The van der Waals surface area contributed by atoms with E-state index in [4.69, 9.17) is 0 Å². The summed E-state index contributed by atoms with van der Waals surface area (Å²) in [5.41, 5.74) is 7.44. The van der Waals surface area contributed by atoms with Crippen molar-refractivity contribution in [3.05, 3.63) is 99.6 Å². The van der Waals surface area contributed by atoms with Gasteiger partial charge in [-0.05, 0) is 90.2 Å². The Morgan fingerprint density at radius 3 is 1.88 bits per heavy atom. The van der Waals surface area contributed by atoms with Crippen LogP contribution in [0.1, 0.15) is 92.8 Å². The van der Waals surface area contributed by atoms with Crippen LogP contribution in [0.25, 0.3) is 0 Å². The molecule has 4 heteroatoms. The minimum absolute atomic E-state index is 0.296. The molecule has 2 N–H and O–H groups in total. The summed E-state index contributed by atoms with van der Waals surface area (Å²) >= 11 is 0. The number of amidine groups is 2. The maximum atomic E-state index is 9.92. The largest absolute Gasteiger partial charge is 0.283 e. The van der Waals surface area contributed by atoms with Crippen LogP contribution >= 0.6 is 0 Å². The first kappa shape index (κ1) is 29.3. The van der Waals surface area contributed by atoms with Crippen LogP contribution in [0.2, 0.25) is 0 Å². The van der Waals surface area contributed by atoms with Gasteiger partial charge in [-0.15, -0.1) is 0 Å². The molecule has 0 spiro atoms. The smallest absolute Gasteiger partial charge is 0.138 e. The molecule has 3 atom stereocenters. The van der Waals surface area contributed by atoms with Gasteiger partial charge in [-0.25, -0.2) is 0 Å². The molecule has 4 nitrogen and oxygen atoms in total. The number of hydrogen-bond donors (Lipinski definition) is 2. The fourth-order valence-electron chi connectivity index (χ4n) is 6.11. The van der Waals surface area contributed by atoms with Crippen molar-refractivity contribution < 1.29 is 0 Å². The highest BCUT2D eigenvalue weighted by Crippen LogP contribution is 2.48. The maximum Gasteiger partial charge on any atom is 0.138 e. The van der Waals surface area contributed by atoms with Gasteiger partial charge in [-0.2, -0.15) is 5.26 Å². The number of benzene rings is 3. The zero-order valence-corrected chi connectivity index (χ0v) is 25.2. The summed E-state index contributed by atoms with van der Waals surface area (Å²) in [6.07, 6.45) is 2.75. The van der Waals surface area contributed by atoms with Gasteiger partial charge in [0, 0.05) is 11.1 Å². The maximum absolute atomic E-state index is 9.92. The summed E-state index contributed by atoms with van der Waals surface area (Å²) in [5.74, 6) is 2.99. The Kier molecular flexibility index (Phi) is 8.94. The minimum Gasteiger partial charge on any atom is -0.283 e. The Balaban J connectivity index is 1.99. The van der Waals surface area contributed by atoms with E-state index in [0.29, 0.717) is 46.8 Å². The van der Waals surface area contributed by atoms with Crippen molar-refractivity contribution in [2.45, 2.75) is 73.6 Å². The van der Waals surface area contributed by atoms with Gasteiger partial charge in [-0.3, -0.25) is 15.7 Å². The van der Waals surface area contributed by atoms with Crippen molar-refractivity contribution >= 4 is 17.4 Å². The molecule has 0 radical (unpaired) electrons. The van der Waals surface area contributed by atoms with Crippen LogP contribution in [0.5, 0.6) is 0 Å². The Bertz CT molecular complexity index is 1410. The molecule has 0 aromatic heterocycles. The van der Waals surface area contributed by atoms with Crippen molar-refractivity contribution in [3.63, 3.8) is 0 Å². The van der Waals surface area contributed by atoms with E-state index in [2.05, 4.69) is 59.7 Å². The zero-order chi connectivity index (χ0) is 29.1. The normalized spacial score (nSPS) is 17.0. The van der Waals surface area contributed by atoms with E-state index in [1.54, 1.807) is 0 Å². The van der Waals surface area contributed by atoms with Gasteiger partial charge in [0.25, 0.3) is 0 Å². The second-order valence-electron chi connectivity index (χ2n) is 12.6. The molecule has 0 aliphatic heterocycles. The lowest BCUT2D eigenvalue weighted by Crippen LogP contribution is -2.40. The molecule has 1 aliphatic rings. The predicted octanol–water partition coefficient (Wildman–Crippen LogP) is 8.88. The Morgan fingerprint density at radius 2 is 1.38 bits per heavy atom. The first-order valence-corrected chi connectivity index (χ1v) is 14.7. The van der Waals surface area contributed by atoms with Crippen molar-refractivity contribution in [1.29, 1.82) is 16.1 Å². The predicted molar refractivity (Wildman–Crippen MR) is 168 cm³/mol. The summed E-state index contributed by atoms with van der Waals surface area (Å²) in [6.45, 7) is 15.3. The molecule has 3 unspecified atom stereocenters. The lowest BCUT2D eigenvalue weighted by molar-refractivity contribution is 0.618. The van der Waals surface area contributed by atoms with Crippen LogP contribution < -0.4 is 4.90 Å². The number of nitrogens with zero attached hydrogens (tertiary/aromatic N) is 2. The summed E-state index contributed by atoms with van der Waals surface area (Å²) in [6, 6.07) is 22.6. The Hall–Kier alpha value is -3.71. The molecular weight excluding hydrogens is 488 g/mol. The third-order valence-corrected chi connectivity index (χ3v) is 8.24. The van der Waals surface area contributed by atoms with E-state index in [0.717, 1.165) is 46.3 Å². The van der Waals surface area contributed by atoms with Crippen molar-refractivity contribution in [2.75, 3.05) is 4.90 Å². The SMILES string of the molecule is Cc1ccccc1C(=N)N(C(=N)c1ccccc1C(C)C1CC1C)c1c(CC(C)C)cc(C#N)cc1CC(C)C. The summed E-state index contributed by atoms with van der Waals surface area (Å²) in [5, 5.41) is 29.3. The van der Waals surface area contributed by atoms with Gasteiger partial charge in [0.15, 0.2) is 0 Å². The highest BCUT2D eigenvalue weighted by Gasteiger charge is 2.39. The quantitative estimate of drug-likeness (QED) is 0.213. The fourth-order valence-corrected chi connectivity index (χ4v) is 6.11. The summed E-state index contributed by atoms with van der Waals surface area (Å²) in [7, 11) is 0. The van der Waals surface area contributed by atoms with Crippen LogP contribution in [-0.2, 0) is 12.8 Å². The lowest BCUT2D eigenvalue weighted by Gasteiger charge is -2.33.